The van der Waals surface area contributed by atoms with Crippen molar-refractivity contribution in [1.29, 1.82) is 0 Å². The third-order valence-corrected chi connectivity index (χ3v) is 6.87. The number of rotatable bonds is 13. The van der Waals surface area contributed by atoms with Crippen LogP contribution in [0.15, 0.2) is 17.1 Å². The third kappa shape index (κ3) is 10.2. The average Bonchev–Trinajstić information content (AvgIpc) is 3.51. The van der Waals surface area contributed by atoms with Gasteiger partial charge in [-0.15, -0.1) is 22.7 Å². The first-order valence-electron chi connectivity index (χ1n) is 11.4. The van der Waals surface area contributed by atoms with E-state index in [1.165, 1.54) is 16.2 Å². The van der Waals surface area contributed by atoms with Crippen molar-refractivity contribution in [1.82, 2.24) is 30.8 Å². The maximum atomic E-state index is 12.5. The molecule has 0 saturated carbocycles. The number of carbonyl (C=O) groups is 3. The Morgan fingerprint density at radius 2 is 2.00 bits per heavy atom. The van der Waals surface area contributed by atoms with E-state index < -0.39 is 18.2 Å². The van der Waals surface area contributed by atoms with E-state index in [1.807, 2.05) is 5.38 Å². The summed E-state index contributed by atoms with van der Waals surface area (Å²) in [5.74, 6) is -0.00697. The SMILES string of the molecule is CCC(NC(=O)N(C)Cc1csc(C(C)C)n1)C(=O)NCC[C@H](O)CNC(=O)OCc1cncs1. The Bertz CT molecular complexity index is 937. The van der Waals surface area contributed by atoms with Gasteiger partial charge in [0.1, 0.15) is 12.6 Å². The molecule has 2 atom stereocenters. The monoisotopic (exact) mass is 526 g/mol. The van der Waals surface area contributed by atoms with Gasteiger partial charge in [0.2, 0.25) is 5.91 Å². The van der Waals surface area contributed by atoms with Crippen LogP contribution >= 0.6 is 22.7 Å². The highest BCUT2D eigenvalue weighted by molar-refractivity contribution is 7.09. The quantitative estimate of drug-likeness (QED) is 0.314. The van der Waals surface area contributed by atoms with E-state index in [2.05, 4.69) is 39.8 Å². The molecular formula is C22H34N6O5S2. The van der Waals surface area contributed by atoms with Gasteiger partial charge in [0.05, 0.1) is 33.7 Å². The second-order valence-electron chi connectivity index (χ2n) is 8.26. The van der Waals surface area contributed by atoms with Crippen molar-refractivity contribution >= 4 is 40.7 Å². The molecule has 2 rings (SSSR count). The van der Waals surface area contributed by atoms with Crippen LogP contribution in [0.5, 0.6) is 0 Å². The van der Waals surface area contributed by atoms with E-state index in [9.17, 15) is 19.5 Å². The number of aromatic nitrogens is 2. The van der Waals surface area contributed by atoms with Crippen LogP contribution in [-0.2, 0) is 22.7 Å². The van der Waals surface area contributed by atoms with Crippen molar-refractivity contribution in [2.75, 3.05) is 20.1 Å². The summed E-state index contributed by atoms with van der Waals surface area (Å²) in [7, 11) is 1.65. The minimum Gasteiger partial charge on any atom is -0.444 e. The second-order valence-corrected chi connectivity index (χ2v) is 10.1. The molecule has 1 unspecified atom stereocenters. The Morgan fingerprint density at radius 3 is 2.63 bits per heavy atom. The molecule has 0 bridgehead atoms. The summed E-state index contributed by atoms with van der Waals surface area (Å²) in [4.78, 5) is 47.4. The molecule has 0 aliphatic heterocycles. The maximum Gasteiger partial charge on any atom is 0.407 e. The van der Waals surface area contributed by atoms with Crippen LogP contribution in [0, 0.1) is 0 Å². The number of aliphatic hydroxyl groups excluding tert-OH is 1. The van der Waals surface area contributed by atoms with Crippen molar-refractivity contribution in [3.8, 4) is 0 Å². The summed E-state index contributed by atoms with van der Waals surface area (Å²) >= 11 is 2.94. The number of amides is 4. The summed E-state index contributed by atoms with van der Waals surface area (Å²) in [5.41, 5.74) is 2.45. The van der Waals surface area contributed by atoms with Crippen LogP contribution in [0.3, 0.4) is 0 Å². The van der Waals surface area contributed by atoms with E-state index in [0.717, 1.165) is 15.6 Å². The minimum atomic E-state index is -0.860. The summed E-state index contributed by atoms with van der Waals surface area (Å²) in [5, 5.41) is 20.9. The van der Waals surface area contributed by atoms with Gasteiger partial charge in [-0.2, -0.15) is 0 Å². The van der Waals surface area contributed by atoms with Crippen LogP contribution in [-0.4, -0.2) is 70.3 Å². The van der Waals surface area contributed by atoms with E-state index in [-0.39, 0.29) is 38.1 Å². The van der Waals surface area contributed by atoms with Crippen molar-refractivity contribution in [2.24, 2.45) is 0 Å². The molecule has 0 spiro atoms. The van der Waals surface area contributed by atoms with Crippen LogP contribution < -0.4 is 16.0 Å². The highest BCUT2D eigenvalue weighted by atomic mass is 32.1. The number of aliphatic hydroxyl groups is 1. The zero-order chi connectivity index (χ0) is 25.8. The summed E-state index contributed by atoms with van der Waals surface area (Å²) < 4.78 is 5.02. The Labute approximate surface area is 213 Å². The Hall–Kier alpha value is -2.77. The molecule has 4 N–H and O–H groups in total. The first-order chi connectivity index (χ1) is 16.7. The van der Waals surface area contributed by atoms with E-state index >= 15 is 0 Å². The number of alkyl carbamates (subject to hydrolysis) is 1. The van der Waals surface area contributed by atoms with Gasteiger partial charge in [-0.1, -0.05) is 20.8 Å². The van der Waals surface area contributed by atoms with Gasteiger partial charge in [0.25, 0.3) is 0 Å². The van der Waals surface area contributed by atoms with Gasteiger partial charge < -0.3 is 30.7 Å². The van der Waals surface area contributed by atoms with Gasteiger partial charge in [0.15, 0.2) is 0 Å². The van der Waals surface area contributed by atoms with Crippen molar-refractivity contribution in [3.05, 3.63) is 32.7 Å². The molecule has 35 heavy (non-hydrogen) atoms. The molecule has 2 aromatic rings. The average molecular weight is 527 g/mol. The lowest BCUT2D eigenvalue weighted by Crippen LogP contribution is -2.50. The van der Waals surface area contributed by atoms with Gasteiger partial charge in [-0.3, -0.25) is 9.78 Å². The van der Waals surface area contributed by atoms with E-state index in [4.69, 9.17) is 4.74 Å². The third-order valence-electron chi connectivity index (χ3n) is 4.92. The standard InChI is InChI=1S/C22H34N6O5S2/c1-5-18(27-21(31)28(4)10-15-12-34-20(26-15)14(2)3)19(30)24-7-6-16(29)8-25-22(32)33-11-17-9-23-13-35-17/h9,12-14,16,18,29H,5-8,10-11H2,1-4H3,(H,24,30)(H,25,32)(H,27,31)/t16-,18?/m0/s1. The van der Waals surface area contributed by atoms with Crippen LogP contribution in [0.2, 0.25) is 0 Å². The molecule has 0 aliphatic carbocycles. The highest BCUT2D eigenvalue weighted by Crippen LogP contribution is 2.19. The number of nitrogens with one attached hydrogen (secondary N) is 3. The number of hydrogen-bond acceptors (Lipinski definition) is 9. The smallest absolute Gasteiger partial charge is 0.407 e. The second kappa shape index (κ2) is 14.6. The lowest BCUT2D eigenvalue weighted by Gasteiger charge is -2.22. The van der Waals surface area contributed by atoms with E-state index in [0.29, 0.717) is 18.9 Å². The molecule has 0 fully saturated rings. The fourth-order valence-electron chi connectivity index (χ4n) is 2.88. The highest BCUT2D eigenvalue weighted by Gasteiger charge is 2.21. The molecule has 0 aliphatic rings. The molecule has 11 nitrogen and oxygen atoms in total. The fourth-order valence-corrected chi connectivity index (χ4v) is 4.21. The normalized spacial score (nSPS) is 12.6. The number of ether oxygens (including phenoxy) is 1. The van der Waals surface area contributed by atoms with Crippen molar-refractivity contribution < 1.29 is 24.2 Å². The van der Waals surface area contributed by atoms with Gasteiger partial charge in [-0.05, 0) is 12.8 Å². The van der Waals surface area contributed by atoms with Crippen molar-refractivity contribution in [2.45, 2.75) is 64.8 Å². The largest absolute Gasteiger partial charge is 0.444 e. The topological polar surface area (TPSA) is 146 Å². The van der Waals surface area contributed by atoms with Gasteiger partial charge >= 0.3 is 12.1 Å². The van der Waals surface area contributed by atoms with Gasteiger partial charge in [0, 0.05) is 37.6 Å². The Kier molecular flexibility index (Phi) is 11.9. The first-order valence-corrected chi connectivity index (χ1v) is 13.1. The lowest BCUT2D eigenvalue weighted by atomic mass is 10.2. The Morgan fingerprint density at radius 1 is 1.23 bits per heavy atom. The number of hydrogen-bond donors (Lipinski definition) is 4. The zero-order valence-electron chi connectivity index (χ0n) is 20.4. The zero-order valence-corrected chi connectivity index (χ0v) is 22.1. The van der Waals surface area contributed by atoms with Crippen LogP contribution in [0.1, 0.15) is 55.1 Å². The van der Waals surface area contributed by atoms with Crippen LogP contribution in [0.4, 0.5) is 9.59 Å². The summed E-state index contributed by atoms with van der Waals surface area (Å²) in [6.45, 7) is 6.58. The Balaban J connectivity index is 1.65. The van der Waals surface area contributed by atoms with Crippen LogP contribution in [0.25, 0.3) is 0 Å². The molecule has 0 aromatic carbocycles. The molecule has 2 aromatic heterocycles. The minimum absolute atomic E-state index is 0.00866. The molecule has 4 amide bonds. The maximum absolute atomic E-state index is 12.5. The molecule has 0 radical (unpaired) electrons. The molecular weight excluding hydrogens is 492 g/mol. The molecule has 0 saturated heterocycles. The molecule has 194 valence electrons. The molecule has 13 heteroatoms. The predicted octanol–water partition coefficient (Wildman–Crippen LogP) is 2.44. The first kappa shape index (κ1) is 28.5. The number of carbonyl (C=O) groups excluding carboxylic acids is 3. The predicted molar refractivity (Wildman–Crippen MR) is 134 cm³/mol. The lowest BCUT2D eigenvalue weighted by molar-refractivity contribution is -0.123. The molecule has 2 heterocycles. The van der Waals surface area contributed by atoms with Crippen molar-refractivity contribution in [3.63, 3.8) is 0 Å². The van der Waals surface area contributed by atoms with E-state index in [1.54, 1.807) is 37.0 Å². The number of nitrogens with zero attached hydrogens (tertiary/aromatic N) is 3. The number of thiazole rings is 2. The van der Waals surface area contributed by atoms with Gasteiger partial charge in [-0.25, -0.2) is 14.6 Å². The summed E-state index contributed by atoms with van der Waals surface area (Å²) in [6, 6.07) is -1.07. The fraction of sp³-hybridized carbons (Fsp3) is 0.591. The number of urea groups is 1. The summed E-state index contributed by atoms with van der Waals surface area (Å²) in [6.07, 6.45) is 0.754.